The summed E-state index contributed by atoms with van der Waals surface area (Å²) in [6, 6.07) is 5.30. The van der Waals surface area contributed by atoms with E-state index in [0.29, 0.717) is 17.9 Å². The Labute approximate surface area is 94.9 Å². The Morgan fingerprint density at radius 1 is 1.56 bits per heavy atom. The zero-order valence-corrected chi connectivity index (χ0v) is 9.53. The largest absolute Gasteiger partial charge is 0.497 e. The highest BCUT2D eigenvalue weighted by atomic mass is 16.5. The van der Waals surface area contributed by atoms with E-state index in [0.717, 1.165) is 5.69 Å². The average Bonchev–Trinajstić information content (AvgIpc) is 2.28. The summed E-state index contributed by atoms with van der Waals surface area (Å²) >= 11 is 0. The van der Waals surface area contributed by atoms with E-state index in [1.807, 2.05) is 11.9 Å². The molecule has 5 heteroatoms. The summed E-state index contributed by atoms with van der Waals surface area (Å²) in [6.45, 7) is 0.526. The molecule has 0 unspecified atom stereocenters. The number of nitrogens with one attached hydrogen (secondary N) is 1. The van der Waals surface area contributed by atoms with Gasteiger partial charge in [-0.25, -0.2) is 0 Å². The van der Waals surface area contributed by atoms with Crippen molar-refractivity contribution in [2.75, 3.05) is 32.2 Å². The highest BCUT2D eigenvalue weighted by molar-refractivity contribution is 6.00. The number of nitrogens with zero attached hydrogens (tertiary/aromatic N) is 1. The number of anilines is 1. The molecule has 1 aromatic rings. The maximum Gasteiger partial charge on any atom is 0.124 e. The smallest absolute Gasteiger partial charge is 0.124 e. The van der Waals surface area contributed by atoms with Gasteiger partial charge in [0.25, 0.3) is 0 Å². The van der Waals surface area contributed by atoms with Gasteiger partial charge in [-0.3, -0.25) is 5.41 Å². The van der Waals surface area contributed by atoms with Crippen LogP contribution in [0.5, 0.6) is 5.75 Å². The highest BCUT2D eigenvalue weighted by Gasteiger charge is 2.10. The van der Waals surface area contributed by atoms with Crippen molar-refractivity contribution in [3.8, 4) is 5.75 Å². The Kier molecular flexibility index (Phi) is 4.13. The highest BCUT2D eigenvalue weighted by Crippen LogP contribution is 2.24. The van der Waals surface area contributed by atoms with E-state index in [1.165, 1.54) is 0 Å². The monoisotopic (exact) mass is 223 g/mol. The van der Waals surface area contributed by atoms with E-state index < -0.39 is 0 Å². The summed E-state index contributed by atoms with van der Waals surface area (Å²) in [7, 11) is 3.41. The maximum absolute atomic E-state index is 8.90. The van der Waals surface area contributed by atoms with Gasteiger partial charge in [-0.15, -0.1) is 0 Å². The first kappa shape index (κ1) is 12.3. The third-order valence-electron chi connectivity index (χ3n) is 2.34. The van der Waals surface area contributed by atoms with E-state index in [2.05, 4.69) is 0 Å². The second-order valence-electron chi connectivity index (χ2n) is 3.44. The molecule has 88 valence electrons. The number of ether oxygens (including phenoxy) is 1. The summed E-state index contributed by atoms with van der Waals surface area (Å²) in [5, 5.41) is 16.4. The quantitative estimate of drug-likeness (QED) is 0.498. The fourth-order valence-corrected chi connectivity index (χ4v) is 1.45. The van der Waals surface area contributed by atoms with E-state index in [4.69, 9.17) is 21.0 Å². The van der Waals surface area contributed by atoms with Crippen LogP contribution in [0.1, 0.15) is 5.56 Å². The number of nitrogen functional groups attached to an aromatic ring is 1. The lowest BCUT2D eigenvalue weighted by molar-refractivity contribution is 0.304. The normalized spacial score (nSPS) is 9.94. The third-order valence-corrected chi connectivity index (χ3v) is 2.34. The molecule has 16 heavy (non-hydrogen) atoms. The molecule has 1 aromatic carbocycles. The number of amidine groups is 1. The number of hydrogen-bond donors (Lipinski definition) is 3. The molecule has 0 spiro atoms. The second kappa shape index (κ2) is 5.37. The van der Waals surface area contributed by atoms with Crippen molar-refractivity contribution in [1.29, 1.82) is 5.41 Å². The van der Waals surface area contributed by atoms with Gasteiger partial charge >= 0.3 is 0 Å². The van der Waals surface area contributed by atoms with Crippen molar-refractivity contribution in [1.82, 2.24) is 0 Å². The Hall–Kier alpha value is -1.75. The summed E-state index contributed by atoms with van der Waals surface area (Å²) in [4.78, 5) is 1.83. The van der Waals surface area contributed by atoms with Gasteiger partial charge in [-0.2, -0.15) is 0 Å². The van der Waals surface area contributed by atoms with Crippen molar-refractivity contribution < 1.29 is 9.84 Å². The van der Waals surface area contributed by atoms with Gasteiger partial charge in [0, 0.05) is 25.2 Å². The standard InChI is InChI=1S/C11H17N3O2/c1-14(5-6-15)10-7-8(16-2)3-4-9(10)11(12)13/h3-4,7,15H,5-6H2,1-2H3,(H3,12,13). The molecule has 4 N–H and O–H groups in total. The summed E-state index contributed by atoms with van der Waals surface area (Å²) in [6.07, 6.45) is 0. The average molecular weight is 223 g/mol. The predicted molar refractivity (Wildman–Crippen MR) is 64.4 cm³/mol. The van der Waals surface area contributed by atoms with Crippen LogP contribution in [-0.2, 0) is 0 Å². The molecule has 0 radical (unpaired) electrons. The van der Waals surface area contributed by atoms with Crippen LogP contribution in [0.2, 0.25) is 0 Å². The van der Waals surface area contributed by atoms with Gasteiger partial charge in [0.2, 0.25) is 0 Å². The van der Waals surface area contributed by atoms with Crippen LogP contribution in [0.4, 0.5) is 5.69 Å². The Morgan fingerprint density at radius 3 is 2.75 bits per heavy atom. The minimum absolute atomic E-state index is 0.00226. The molecule has 0 aliphatic carbocycles. The van der Waals surface area contributed by atoms with Crippen LogP contribution < -0.4 is 15.4 Å². The minimum Gasteiger partial charge on any atom is -0.497 e. The van der Waals surface area contributed by atoms with Crippen molar-refractivity contribution in [3.05, 3.63) is 23.8 Å². The summed E-state index contributed by atoms with van der Waals surface area (Å²) < 4.78 is 5.12. The summed E-state index contributed by atoms with van der Waals surface area (Å²) in [5.74, 6) is 0.701. The molecule has 0 aliphatic heterocycles. The van der Waals surface area contributed by atoms with Crippen LogP contribution >= 0.6 is 0 Å². The van der Waals surface area contributed by atoms with Crippen LogP contribution in [0.15, 0.2) is 18.2 Å². The first-order chi connectivity index (χ1) is 7.60. The minimum atomic E-state index is 0.00226. The molecule has 0 aromatic heterocycles. The van der Waals surface area contributed by atoms with Gasteiger partial charge in [0.15, 0.2) is 0 Å². The molecule has 0 aliphatic rings. The van der Waals surface area contributed by atoms with Crippen molar-refractivity contribution in [2.45, 2.75) is 0 Å². The zero-order chi connectivity index (χ0) is 12.1. The molecule has 5 nitrogen and oxygen atoms in total. The van der Waals surface area contributed by atoms with Crippen molar-refractivity contribution in [3.63, 3.8) is 0 Å². The van der Waals surface area contributed by atoms with Crippen molar-refractivity contribution >= 4 is 11.5 Å². The zero-order valence-electron chi connectivity index (χ0n) is 9.53. The SMILES string of the molecule is COc1ccc(C(=N)N)c(N(C)CCO)c1. The molecule has 0 atom stereocenters. The second-order valence-corrected chi connectivity index (χ2v) is 3.44. The lowest BCUT2D eigenvalue weighted by atomic mass is 10.1. The van der Waals surface area contributed by atoms with E-state index >= 15 is 0 Å². The fourth-order valence-electron chi connectivity index (χ4n) is 1.45. The summed E-state index contributed by atoms with van der Waals surface area (Å²) in [5.41, 5.74) is 6.91. The Bertz CT molecular complexity index is 379. The Morgan fingerprint density at radius 2 is 2.25 bits per heavy atom. The van der Waals surface area contributed by atoms with Crippen molar-refractivity contribution in [2.24, 2.45) is 5.73 Å². The van der Waals surface area contributed by atoms with Crippen LogP contribution in [0.3, 0.4) is 0 Å². The number of benzene rings is 1. The number of nitrogens with two attached hydrogens (primary N) is 1. The number of likely N-dealkylation sites (N-methyl/N-ethyl adjacent to an activating group) is 1. The molecule has 1 rings (SSSR count). The molecular weight excluding hydrogens is 206 g/mol. The number of aliphatic hydroxyl groups is 1. The van der Waals surface area contributed by atoms with E-state index in [-0.39, 0.29) is 12.4 Å². The van der Waals surface area contributed by atoms with E-state index in [9.17, 15) is 0 Å². The molecule has 0 saturated heterocycles. The number of methoxy groups -OCH3 is 1. The molecule has 0 amide bonds. The lowest BCUT2D eigenvalue weighted by Gasteiger charge is -2.21. The maximum atomic E-state index is 8.90. The third kappa shape index (κ3) is 2.64. The molecule has 0 saturated carbocycles. The van der Waals surface area contributed by atoms with Gasteiger partial charge in [-0.05, 0) is 12.1 Å². The van der Waals surface area contributed by atoms with E-state index in [1.54, 1.807) is 25.3 Å². The van der Waals surface area contributed by atoms with Gasteiger partial charge in [0.1, 0.15) is 11.6 Å². The molecular formula is C11H17N3O2. The number of hydrogen-bond acceptors (Lipinski definition) is 4. The number of rotatable bonds is 5. The first-order valence-corrected chi connectivity index (χ1v) is 4.94. The molecule has 0 heterocycles. The number of aliphatic hydroxyl groups excluding tert-OH is 1. The fraction of sp³-hybridized carbons (Fsp3) is 0.364. The molecule has 0 bridgehead atoms. The van der Waals surface area contributed by atoms with Crippen LogP contribution in [0, 0.1) is 5.41 Å². The van der Waals surface area contributed by atoms with Gasteiger partial charge in [-0.1, -0.05) is 0 Å². The molecule has 0 fully saturated rings. The van der Waals surface area contributed by atoms with Gasteiger partial charge < -0.3 is 20.5 Å². The first-order valence-electron chi connectivity index (χ1n) is 4.94. The Balaban J connectivity index is 3.14. The predicted octanol–water partition coefficient (Wildman–Crippen LogP) is 0.408. The lowest BCUT2D eigenvalue weighted by Crippen LogP contribution is -2.25. The topological polar surface area (TPSA) is 82.6 Å². The van der Waals surface area contributed by atoms with Gasteiger partial charge in [0.05, 0.1) is 19.4 Å². The van der Waals surface area contributed by atoms with Crippen LogP contribution in [0.25, 0.3) is 0 Å². The van der Waals surface area contributed by atoms with Crippen LogP contribution in [-0.4, -0.2) is 38.3 Å².